The van der Waals surface area contributed by atoms with Crippen LogP contribution < -0.4 is 10.1 Å². The zero-order valence-electron chi connectivity index (χ0n) is 10.6. The number of rotatable bonds is 3. The molecule has 1 aliphatic rings. The van der Waals surface area contributed by atoms with E-state index >= 15 is 0 Å². The van der Waals surface area contributed by atoms with Gasteiger partial charge in [-0.2, -0.15) is 0 Å². The van der Waals surface area contributed by atoms with Crippen molar-refractivity contribution in [2.75, 3.05) is 0 Å². The fourth-order valence-corrected chi connectivity index (χ4v) is 2.33. The summed E-state index contributed by atoms with van der Waals surface area (Å²) in [6, 6.07) is 14.9. The monoisotopic (exact) mass is 257 g/mol. The molecule has 1 aliphatic heterocycles. The normalized spacial score (nSPS) is 17.6. The summed E-state index contributed by atoms with van der Waals surface area (Å²) >= 11 is 0. The lowest BCUT2D eigenvalue weighted by Crippen LogP contribution is -2.36. The Morgan fingerprint density at radius 1 is 1.16 bits per heavy atom. The van der Waals surface area contributed by atoms with Crippen molar-refractivity contribution in [3.8, 4) is 5.75 Å². The van der Waals surface area contributed by atoms with Crippen molar-refractivity contribution >= 4 is 0 Å². The van der Waals surface area contributed by atoms with E-state index in [0.29, 0.717) is 0 Å². The SMILES string of the molecule is Fc1ccc2c(c1)CC[C@@H](NCc1ccccc1)O2. The fraction of sp³-hybridized carbons (Fsp3) is 0.250. The maximum atomic E-state index is 13.1. The van der Waals surface area contributed by atoms with Crippen LogP contribution >= 0.6 is 0 Å². The number of nitrogens with one attached hydrogen (secondary N) is 1. The zero-order chi connectivity index (χ0) is 13.1. The highest BCUT2D eigenvalue weighted by Crippen LogP contribution is 2.27. The van der Waals surface area contributed by atoms with E-state index < -0.39 is 0 Å². The lowest BCUT2D eigenvalue weighted by Gasteiger charge is -2.26. The Labute approximate surface area is 112 Å². The van der Waals surface area contributed by atoms with Gasteiger partial charge in [-0.3, -0.25) is 5.32 Å². The van der Waals surface area contributed by atoms with E-state index in [9.17, 15) is 4.39 Å². The fourth-order valence-electron chi connectivity index (χ4n) is 2.33. The lowest BCUT2D eigenvalue weighted by molar-refractivity contribution is 0.136. The first-order valence-corrected chi connectivity index (χ1v) is 6.54. The second-order valence-electron chi connectivity index (χ2n) is 4.76. The molecule has 3 rings (SSSR count). The van der Waals surface area contributed by atoms with Gasteiger partial charge in [-0.15, -0.1) is 0 Å². The van der Waals surface area contributed by atoms with Crippen molar-refractivity contribution in [2.45, 2.75) is 25.6 Å². The van der Waals surface area contributed by atoms with Crippen LogP contribution in [0.4, 0.5) is 4.39 Å². The molecular weight excluding hydrogens is 241 g/mol. The van der Waals surface area contributed by atoms with Gasteiger partial charge in [-0.25, -0.2) is 4.39 Å². The number of hydrogen-bond donors (Lipinski definition) is 1. The molecule has 0 aliphatic carbocycles. The van der Waals surface area contributed by atoms with Crippen LogP contribution in [0.25, 0.3) is 0 Å². The molecule has 0 unspecified atom stereocenters. The quantitative estimate of drug-likeness (QED) is 0.911. The first-order chi connectivity index (χ1) is 9.31. The van der Waals surface area contributed by atoms with Gasteiger partial charge in [0.1, 0.15) is 11.6 Å². The Morgan fingerprint density at radius 2 is 2.00 bits per heavy atom. The molecule has 19 heavy (non-hydrogen) atoms. The Hall–Kier alpha value is -1.87. The van der Waals surface area contributed by atoms with Crippen molar-refractivity contribution in [3.05, 3.63) is 65.5 Å². The predicted molar refractivity (Wildman–Crippen MR) is 72.4 cm³/mol. The Kier molecular flexibility index (Phi) is 3.47. The number of aryl methyl sites for hydroxylation is 1. The first-order valence-electron chi connectivity index (χ1n) is 6.54. The van der Waals surface area contributed by atoms with Gasteiger partial charge in [-0.1, -0.05) is 30.3 Å². The lowest BCUT2D eigenvalue weighted by atomic mass is 10.0. The van der Waals surface area contributed by atoms with E-state index in [-0.39, 0.29) is 12.0 Å². The Morgan fingerprint density at radius 3 is 2.84 bits per heavy atom. The van der Waals surface area contributed by atoms with Crippen LogP contribution in [-0.4, -0.2) is 6.23 Å². The molecule has 2 aromatic rings. The smallest absolute Gasteiger partial charge is 0.150 e. The molecular formula is C16H16FNO. The molecule has 0 fully saturated rings. The van der Waals surface area contributed by atoms with Crippen LogP contribution in [0.5, 0.6) is 5.75 Å². The maximum absolute atomic E-state index is 13.1. The average molecular weight is 257 g/mol. The molecule has 1 atom stereocenters. The second kappa shape index (κ2) is 5.41. The molecule has 0 amide bonds. The van der Waals surface area contributed by atoms with E-state index in [0.717, 1.165) is 30.7 Å². The molecule has 1 heterocycles. The minimum Gasteiger partial charge on any atom is -0.475 e. The predicted octanol–water partition coefficient (Wildman–Crippen LogP) is 3.27. The summed E-state index contributed by atoms with van der Waals surface area (Å²) in [6.07, 6.45) is 1.71. The van der Waals surface area contributed by atoms with E-state index in [1.807, 2.05) is 18.2 Å². The van der Waals surface area contributed by atoms with Crippen molar-refractivity contribution in [1.82, 2.24) is 5.32 Å². The number of ether oxygens (including phenoxy) is 1. The van der Waals surface area contributed by atoms with E-state index in [1.165, 1.54) is 11.6 Å². The van der Waals surface area contributed by atoms with Crippen LogP contribution in [0.1, 0.15) is 17.5 Å². The summed E-state index contributed by atoms with van der Waals surface area (Å²) in [5, 5.41) is 3.38. The molecule has 2 nitrogen and oxygen atoms in total. The highest BCUT2D eigenvalue weighted by atomic mass is 19.1. The third kappa shape index (κ3) is 2.93. The summed E-state index contributed by atoms with van der Waals surface area (Å²) in [7, 11) is 0. The van der Waals surface area contributed by atoms with Gasteiger partial charge in [0.25, 0.3) is 0 Å². The van der Waals surface area contributed by atoms with Crippen molar-refractivity contribution in [1.29, 1.82) is 0 Å². The van der Waals surface area contributed by atoms with Crippen molar-refractivity contribution in [2.24, 2.45) is 0 Å². The van der Waals surface area contributed by atoms with Crippen LogP contribution in [0.2, 0.25) is 0 Å². The number of hydrogen-bond acceptors (Lipinski definition) is 2. The van der Waals surface area contributed by atoms with Crippen LogP contribution in [0.15, 0.2) is 48.5 Å². The summed E-state index contributed by atoms with van der Waals surface area (Å²) in [6.45, 7) is 0.780. The molecule has 3 heteroatoms. The van der Waals surface area contributed by atoms with Crippen LogP contribution in [-0.2, 0) is 13.0 Å². The molecule has 0 aromatic heterocycles. The third-order valence-electron chi connectivity index (χ3n) is 3.34. The number of fused-ring (bicyclic) bond motifs is 1. The second-order valence-corrected chi connectivity index (χ2v) is 4.76. The van der Waals surface area contributed by atoms with Crippen molar-refractivity contribution in [3.63, 3.8) is 0 Å². The molecule has 1 N–H and O–H groups in total. The first kappa shape index (κ1) is 12.2. The topological polar surface area (TPSA) is 21.3 Å². The minimum absolute atomic E-state index is 0.00170. The van der Waals surface area contributed by atoms with E-state index in [1.54, 1.807) is 12.1 Å². The third-order valence-corrected chi connectivity index (χ3v) is 3.34. The molecule has 0 spiro atoms. The summed E-state index contributed by atoms with van der Waals surface area (Å²) in [4.78, 5) is 0. The number of benzene rings is 2. The summed E-state index contributed by atoms with van der Waals surface area (Å²) < 4.78 is 18.9. The molecule has 0 saturated heterocycles. The van der Waals surface area contributed by atoms with Gasteiger partial charge in [0.05, 0.1) is 0 Å². The zero-order valence-corrected chi connectivity index (χ0v) is 10.6. The van der Waals surface area contributed by atoms with Crippen LogP contribution in [0.3, 0.4) is 0 Å². The van der Waals surface area contributed by atoms with Gasteiger partial charge in [0.15, 0.2) is 6.23 Å². The summed E-state index contributed by atoms with van der Waals surface area (Å²) in [5.74, 6) is 0.594. The highest BCUT2D eigenvalue weighted by Gasteiger charge is 2.19. The maximum Gasteiger partial charge on any atom is 0.150 e. The Bertz CT molecular complexity index is 556. The largest absolute Gasteiger partial charge is 0.475 e. The number of halogens is 1. The van der Waals surface area contributed by atoms with E-state index in [2.05, 4.69) is 17.4 Å². The molecule has 0 radical (unpaired) electrons. The van der Waals surface area contributed by atoms with Gasteiger partial charge in [-0.05, 0) is 35.7 Å². The molecule has 2 aromatic carbocycles. The van der Waals surface area contributed by atoms with Gasteiger partial charge >= 0.3 is 0 Å². The minimum atomic E-state index is -0.196. The molecule has 0 saturated carbocycles. The standard InChI is InChI=1S/C16H16FNO/c17-14-7-8-15-13(10-14)6-9-16(19-15)18-11-12-4-2-1-3-5-12/h1-5,7-8,10,16,18H,6,9,11H2/t16-/m0/s1. The Balaban J connectivity index is 1.61. The van der Waals surface area contributed by atoms with E-state index in [4.69, 9.17) is 4.74 Å². The van der Waals surface area contributed by atoms with Gasteiger partial charge in [0.2, 0.25) is 0 Å². The molecule has 98 valence electrons. The molecule has 0 bridgehead atoms. The summed E-state index contributed by atoms with van der Waals surface area (Å²) in [5.41, 5.74) is 2.19. The average Bonchev–Trinajstić information content (AvgIpc) is 2.46. The van der Waals surface area contributed by atoms with Crippen molar-refractivity contribution < 1.29 is 9.13 Å². The van der Waals surface area contributed by atoms with Crippen LogP contribution in [0, 0.1) is 5.82 Å². The highest BCUT2D eigenvalue weighted by molar-refractivity contribution is 5.35. The van der Waals surface area contributed by atoms with Gasteiger partial charge < -0.3 is 4.74 Å². The van der Waals surface area contributed by atoms with Gasteiger partial charge in [0, 0.05) is 13.0 Å².